The van der Waals surface area contributed by atoms with Crippen LogP contribution in [0.15, 0.2) is 28.7 Å². The molecule has 1 aromatic heterocycles. The Morgan fingerprint density at radius 2 is 1.87 bits per heavy atom. The van der Waals surface area contributed by atoms with Crippen molar-refractivity contribution in [3.8, 4) is 11.1 Å². The topological polar surface area (TPSA) is 39.2 Å². The molecule has 15 heavy (non-hydrogen) atoms. The van der Waals surface area contributed by atoms with Gasteiger partial charge in [0.1, 0.15) is 17.3 Å². The van der Waals surface area contributed by atoms with Crippen LogP contribution in [-0.4, -0.2) is 0 Å². The Hall–Kier alpha value is -1.77. The fraction of sp³-hybridized carbons (Fsp3) is 0.167. The molecule has 0 saturated carbocycles. The lowest BCUT2D eigenvalue weighted by Gasteiger charge is -2.03. The second-order valence-electron chi connectivity index (χ2n) is 3.56. The van der Waals surface area contributed by atoms with Crippen LogP contribution in [0.25, 0.3) is 11.1 Å². The Kier molecular flexibility index (Phi) is 2.23. The number of aryl methyl sites for hydroxylation is 2. The van der Waals surface area contributed by atoms with Crippen LogP contribution in [0.1, 0.15) is 11.5 Å². The lowest BCUT2D eigenvalue weighted by molar-refractivity contribution is 0.505. The summed E-state index contributed by atoms with van der Waals surface area (Å²) < 4.78 is 18.5. The Labute approximate surface area is 87.5 Å². The maximum Gasteiger partial charge on any atom is 0.123 e. The monoisotopic (exact) mass is 205 g/mol. The minimum atomic E-state index is -0.294. The molecule has 0 unspecified atom stereocenters. The maximum atomic E-state index is 13.1. The van der Waals surface area contributed by atoms with Crippen molar-refractivity contribution in [1.82, 2.24) is 0 Å². The van der Waals surface area contributed by atoms with Gasteiger partial charge in [-0.05, 0) is 38.1 Å². The fourth-order valence-electron chi connectivity index (χ4n) is 1.66. The summed E-state index contributed by atoms with van der Waals surface area (Å²) in [6.07, 6.45) is 0. The smallest absolute Gasteiger partial charge is 0.123 e. The second kappa shape index (κ2) is 3.42. The summed E-state index contributed by atoms with van der Waals surface area (Å²) in [6, 6.07) is 6.20. The van der Waals surface area contributed by atoms with Gasteiger partial charge in [-0.2, -0.15) is 0 Å². The Morgan fingerprint density at radius 3 is 2.47 bits per heavy atom. The summed E-state index contributed by atoms with van der Waals surface area (Å²) in [5.74, 6) is 1.26. The van der Waals surface area contributed by atoms with E-state index in [1.54, 1.807) is 6.07 Å². The van der Waals surface area contributed by atoms with E-state index < -0.39 is 0 Å². The largest absolute Gasteiger partial charge is 0.466 e. The molecule has 0 spiro atoms. The van der Waals surface area contributed by atoms with Crippen molar-refractivity contribution in [3.05, 3.63) is 41.6 Å². The number of nitrogen functional groups attached to an aromatic ring is 1. The Morgan fingerprint density at radius 1 is 1.13 bits per heavy atom. The first-order valence-corrected chi connectivity index (χ1v) is 4.70. The summed E-state index contributed by atoms with van der Waals surface area (Å²) in [6.45, 7) is 3.69. The van der Waals surface area contributed by atoms with Crippen LogP contribution in [0.4, 0.5) is 10.1 Å². The first-order valence-electron chi connectivity index (χ1n) is 4.70. The molecule has 0 aliphatic heterocycles. The SMILES string of the molecule is Cc1cc(-c2cc(F)ccc2N)c(C)o1. The maximum absolute atomic E-state index is 13.1. The van der Waals surface area contributed by atoms with Crippen molar-refractivity contribution in [2.45, 2.75) is 13.8 Å². The van der Waals surface area contributed by atoms with Crippen molar-refractivity contribution in [2.75, 3.05) is 5.73 Å². The van der Waals surface area contributed by atoms with Gasteiger partial charge < -0.3 is 10.2 Å². The van der Waals surface area contributed by atoms with Gasteiger partial charge in [0.25, 0.3) is 0 Å². The van der Waals surface area contributed by atoms with E-state index in [0.717, 1.165) is 17.1 Å². The number of benzene rings is 1. The molecule has 2 rings (SSSR count). The molecule has 0 radical (unpaired) electrons. The molecule has 78 valence electrons. The molecule has 0 aliphatic carbocycles. The molecule has 1 aromatic carbocycles. The third-order valence-electron chi connectivity index (χ3n) is 2.35. The van der Waals surface area contributed by atoms with Gasteiger partial charge in [-0.3, -0.25) is 0 Å². The van der Waals surface area contributed by atoms with E-state index in [9.17, 15) is 4.39 Å². The zero-order valence-corrected chi connectivity index (χ0v) is 8.67. The highest BCUT2D eigenvalue weighted by atomic mass is 19.1. The third-order valence-corrected chi connectivity index (χ3v) is 2.35. The normalized spacial score (nSPS) is 10.6. The van der Waals surface area contributed by atoms with Crippen molar-refractivity contribution in [1.29, 1.82) is 0 Å². The van der Waals surface area contributed by atoms with E-state index in [1.165, 1.54) is 12.1 Å². The van der Waals surface area contributed by atoms with Crippen molar-refractivity contribution in [3.63, 3.8) is 0 Å². The Balaban J connectivity index is 2.62. The average Bonchev–Trinajstić information content (AvgIpc) is 2.50. The van der Waals surface area contributed by atoms with Gasteiger partial charge >= 0.3 is 0 Å². The van der Waals surface area contributed by atoms with Crippen LogP contribution in [0.3, 0.4) is 0 Å². The van der Waals surface area contributed by atoms with Gasteiger partial charge in [-0.15, -0.1) is 0 Å². The molecule has 0 amide bonds. The highest BCUT2D eigenvalue weighted by Gasteiger charge is 2.10. The number of rotatable bonds is 1. The van der Waals surface area contributed by atoms with Crippen LogP contribution in [-0.2, 0) is 0 Å². The quantitative estimate of drug-likeness (QED) is 0.725. The van der Waals surface area contributed by atoms with Gasteiger partial charge in [0.05, 0.1) is 0 Å². The van der Waals surface area contributed by atoms with E-state index in [-0.39, 0.29) is 5.82 Å². The second-order valence-corrected chi connectivity index (χ2v) is 3.56. The minimum Gasteiger partial charge on any atom is -0.466 e. The molecule has 0 fully saturated rings. The number of anilines is 1. The van der Waals surface area contributed by atoms with Crippen molar-refractivity contribution < 1.29 is 8.81 Å². The molecule has 0 saturated heterocycles. The lowest BCUT2D eigenvalue weighted by atomic mass is 10.0. The molecule has 2 nitrogen and oxygen atoms in total. The molecular formula is C12H12FNO. The third kappa shape index (κ3) is 1.73. The summed E-state index contributed by atoms with van der Waals surface area (Å²) in [4.78, 5) is 0. The van der Waals surface area contributed by atoms with Crippen molar-refractivity contribution >= 4 is 5.69 Å². The molecule has 0 bridgehead atoms. The predicted molar refractivity (Wildman–Crippen MR) is 58.0 cm³/mol. The van der Waals surface area contributed by atoms with Gasteiger partial charge in [0.2, 0.25) is 0 Å². The van der Waals surface area contributed by atoms with E-state index in [2.05, 4.69) is 0 Å². The first kappa shape index (κ1) is 9.77. The molecule has 1 heterocycles. The molecule has 2 N–H and O–H groups in total. The predicted octanol–water partition coefficient (Wildman–Crippen LogP) is 3.28. The van der Waals surface area contributed by atoms with Crippen LogP contribution in [0.5, 0.6) is 0 Å². The summed E-state index contributed by atoms with van der Waals surface area (Å²) >= 11 is 0. The van der Waals surface area contributed by atoms with Crippen LogP contribution in [0, 0.1) is 19.7 Å². The number of furan rings is 1. The lowest BCUT2D eigenvalue weighted by Crippen LogP contribution is -1.91. The van der Waals surface area contributed by atoms with E-state index in [1.807, 2.05) is 19.9 Å². The highest BCUT2D eigenvalue weighted by Crippen LogP contribution is 2.31. The fourth-order valence-corrected chi connectivity index (χ4v) is 1.66. The van der Waals surface area contributed by atoms with Gasteiger partial charge in [0.15, 0.2) is 0 Å². The standard InChI is InChI=1S/C12H12FNO/c1-7-5-10(8(2)15-7)11-6-9(13)3-4-12(11)14/h3-6H,14H2,1-2H3. The molecular weight excluding hydrogens is 193 g/mol. The minimum absolute atomic E-state index is 0.294. The zero-order chi connectivity index (χ0) is 11.0. The first-order chi connectivity index (χ1) is 7.08. The van der Waals surface area contributed by atoms with Crippen molar-refractivity contribution in [2.24, 2.45) is 0 Å². The zero-order valence-electron chi connectivity index (χ0n) is 8.67. The summed E-state index contributed by atoms with van der Waals surface area (Å²) in [7, 11) is 0. The van der Waals surface area contributed by atoms with E-state index >= 15 is 0 Å². The summed E-state index contributed by atoms with van der Waals surface area (Å²) in [5, 5.41) is 0. The van der Waals surface area contributed by atoms with Gasteiger partial charge in [-0.25, -0.2) is 4.39 Å². The average molecular weight is 205 g/mol. The number of hydrogen-bond donors (Lipinski definition) is 1. The molecule has 0 atom stereocenters. The van der Waals surface area contributed by atoms with Crippen LogP contribution >= 0.6 is 0 Å². The Bertz CT molecular complexity index is 502. The number of hydrogen-bond acceptors (Lipinski definition) is 2. The molecule has 0 aliphatic rings. The van der Waals surface area contributed by atoms with E-state index in [4.69, 9.17) is 10.2 Å². The summed E-state index contributed by atoms with van der Waals surface area (Å²) in [5.41, 5.74) is 7.88. The van der Waals surface area contributed by atoms with Crippen LogP contribution < -0.4 is 5.73 Å². The molecule has 3 heteroatoms. The van der Waals surface area contributed by atoms with Crippen LogP contribution in [0.2, 0.25) is 0 Å². The highest BCUT2D eigenvalue weighted by molar-refractivity contribution is 5.77. The van der Waals surface area contributed by atoms with Gasteiger partial charge in [-0.1, -0.05) is 0 Å². The van der Waals surface area contributed by atoms with E-state index in [0.29, 0.717) is 11.3 Å². The van der Waals surface area contributed by atoms with Gasteiger partial charge in [0, 0.05) is 16.8 Å². The number of halogens is 1. The molecule has 2 aromatic rings. The number of nitrogens with two attached hydrogens (primary N) is 1.